The molecule has 0 saturated carbocycles. The quantitative estimate of drug-likeness (QED) is 0.515. The Morgan fingerprint density at radius 2 is 1.97 bits per heavy atom. The summed E-state index contributed by atoms with van der Waals surface area (Å²) in [6, 6.07) is 15.0. The zero-order chi connectivity index (χ0) is 22.1. The van der Waals surface area contributed by atoms with Crippen molar-refractivity contribution in [2.75, 3.05) is 6.61 Å². The lowest BCUT2D eigenvalue weighted by atomic mass is 9.95. The molecule has 1 aromatic heterocycles. The Hall–Kier alpha value is -2.77. The van der Waals surface area contributed by atoms with Crippen molar-refractivity contribution < 1.29 is 9.53 Å². The van der Waals surface area contributed by atoms with Gasteiger partial charge in [-0.15, -0.1) is 0 Å². The molecule has 7 heteroatoms. The monoisotopic (exact) mass is 496 g/mol. The van der Waals surface area contributed by atoms with Crippen LogP contribution in [0.25, 0.3) is 6.08 Å². The van der Waals surface area contributed by atoms with E-state index in [9.17, 15) is 9.59 Å². The molecule has 0 amide bonds. The summed E-state index contributed by atoms with van der Waals surface area (Å²) >= 11 is 4.79. The molecule has 158 valence electrons. The number of rotatable bonds is 4. The molecule has 0 spiro atoms. The minimum Gasteiger partial charge on any atom is -0.463 e. The predicted molar refractivity (Wildman–Crippen MR) is 126 cm³/mol. The van der Waals surface area contributed by atoms with Crippen LogP contribution in [0, 0.1) is 6.92 Å². The molecule has 0 N–H and O–H groups in total. The second-order valence-corrected chi connectivity index (χ2v) is 9.19. The second-order valence-electron chi connectivity index (χ2n) is 7.27. The van der Waals surface area contributed by atoms with Gasteiger partial charge in [-0.1, -0.05) is 69.2 Å². The molecule has 1 atom stereocenters. The zero-order valence-corrected chi connectivity index (χ0v) is 19.8. The van der Waals surface area contributed by atoms with Crippen molar-refractivity contribution >= 4 is 39.3 Å². The van der Waals surface area contributed by atoms with E-state index in [-0.39, 0.29) is 12.2 Å². The summed E-state index contributed by atoms with van der Waals surface area (Å²) < 4.78 is 8.42. The largest absolute Gasteiger partial charge is 0.463 e. The van der Waals surface area contributed by atoms with Crippen molar-refractivity contribution in [1.29, 1.82) is 0 Å². The normalized spacial score (nSPS) is 16.1. The maximum Gasteiger partial charge on any atom is 0.338 e. The number of benzene rings is 2. The van der Waals surface area contributed by atoms with Crippen LogP contribution in [0.4, 0.5) is 0 Å². The number of fused-ring (bicyclic) bond motifs is 1. The number of esters is 1. The predicted octanol–water partition coefficient (Wildman–Crippen LogP) is 3.87. The number of carbonyl (C=O) groups is 1. The maximum atomic E-state index is 13.5. The summed E-state index contributed by atoms with van der Waals surface area (Å²) in [5, 5.41) is 0. The van der Waals surface area contributed by atoms with E-state index in [0.717, 1.165) is 21.2 Å². The van der Waals surface area contributed by atoms with Crippen molar-refractivity contribution in [1.82, 2.24) is 4.57 Å². The van der Waals surface area contributed by atoms with Crippen LogP contribution in [-0.2, 0) is 9.53 Å². The Morgan fingerprint density at radius 1 is 1.23 bits per heavy atom. The van der Waals surface area contributed by atoms with Crippen LogP contribution >= 0.6 is 27.3 Å². The van der Waals surface area contributed by atoms with Gasteiger partial charge >= 0.3 is 5.97 Å². The highest BCUT2D eigenvalue weighted by atomic mass is 79.9. The van der Waals surface area contributed by atoms with Gasteiger partial charge in [0.05, 0.1) is 28.5 Å². The van der Waals surface area contributed by atoms with Gasteiger partial charge in [0.25, 0.3) is 5.56 Å². The van der Waals surface area contributed by atoms with Crippen LogP contribution in [0.5, 0.6) is 0 Å². The number of carbonyl (C=O) groups excluding carboxylic acids is 1. The number of aryl methyl sites for hydroxylation is 1. The Labute approximate surface area is 192 Å². The molecule has 2 aromatic carbocycles. The molecule has 4 rings (SSSR count). The first-order valence-corrected chi connectivity index (χ1v) is 11.5. The van der Waals surface area contributed by atoms with Crippen LogP contribution < -0.4 is 14.9 Å². The topological polar surface area (TPSA) is 60.7 Å². The third kappa shape index (κ3) is 4.20. The van der Waals surface area contributed by atoms with Crippen LogP contribution in [-0.4, -0.2) is 17.1 Å². The Balaban J connectivity index is 1.96. The van der Waals surface area contributed by atoms with Gasteiger partial charge in [-0.25, -0.2) is 9.79 Å². The van der Waals surface area contributed by atoms with Crippen molar-refractivity contribution in [3.63, 3.8) is 0 Å². The highest BCUT2D eigenvalue weighted by molar-refractivity contribution is 9.10. The Kier molecular flexibility index (Phi) is 6.07. The molecule has 0 radical (unpaired) electrons. The molecule has 0 aliphatic carbocycles. The number of hydrogen-bond donors (Lipinski definition) is 0. The highest BCUT2D eigenvalue weighted by Gasteiger charge is 2.33. The van der Waals surface area contributed by atoms with E-state index in [4.69, 9.17) is 4.74 Å². The van der Waals surface area contributed by atoms with E-state index >= 15 is 0 Å². The molecular formula is C24H21BrN2O3S. The van der Waals surface area contributed by atoms with E-state index in [0.29, 0.717) is 20.6 Å². The smallest absolute Gasteiger partial charge is 0.338 e. The Bertz CT molecular complexity index is 1370. The molecular weight excluding hydrogens is 476 g/mol. The van der Waals surface area contributed by atoms with E-state index in [1.165, 1.54) is 11.3 Å². The lowest BCUT2D eigenvalue weighted by Crippen LogP contribution is -2.39. The van der Waals surface area contributed by atoms with Gasteiger partial charge in [-0.05, 0) is 50.1 Å². The van der Waals surface area contributed by atoms with Gasteiger partial charge in [-0.3, -0.25) is 9.36 Å². The number of nitrogens with zero attached hydrogens (tertiary/aromatic N) is 2. The fourth-order valence-electron chi connectivity index (χ4n) is 3.60. The summed E-state index contributed by atoms with van der Waals surface area (Å²) in [5.74, 6) is -0.449. The fraction of sp³-hybridized carbons (Fsp3) is 0.208. The van der Waals surface area contributed by atoms with Crippen molar-refractivity contribution in [3.8, 4) is 0 Å². The molecule has 1 aliphatic rings. The zero-order valence-electron chi connectivity index (χ0n) is 17.4. The first kappa shape index (κ1) is 21.5. The second kappa shape index (κ2) is 8.77. The number of halogens is 1. The summed E-state index contributed by atoms with van der Waals surface area (Å²) in [5.41, 5.74) is 3.64. The molecule has 0 bridgehead atoms. The van der Waals surface area contributed by atoms with E-state index in [1.807, 2.05) is 61.5 Å². The lowest BCUT2D eigenvalue weighted by molar-refractivity contribution is -0.139. The molecule has 0 fully saturated rings. The van der Waals surface area contributed by atoms with Crippen LogP contribution in [0.1, 0.15) is 36.6 Å². The van der Waals surface area contributed by atoms with Gasteiger partial charge in [0.2, 0.25) is 0 Å². The van der Waals surface area contributed by atoms with Crippen LogP contribution in [0.15, 0.2) is 74.1 Å². The van der Waals surface area contributed by atoms with Gasteiger partial charge in [0.15, 0.2) is 4.80 Å². The first-order valence-electron chi connectivity index (χ1n) is 9.91. The van der Waals surface area contributed by atoms with Crippen molar-refractivity contribution in [2.45, 2.75) is 26.8 Å². The number of thiazole rings is 1. The highest BCUT2D eigenvalue weighted by Crippen LogP contribution is 2.30. The van der Waals surface area contributed by atoms with Crippen molar-refractivity contribution in [2.24, 2.45) is 4.99 Å². The molecule has 1 aliphatic heterocycles. The summed E-state index contributed by atoms with van der Waals surface area (Å²) in [4.78, 5) is 31.5. The average Bonchev–Trinajstić information content (AvgIpc) is 3.02. The minimum atomic E-state index is -0.583. The summed E-state index contributed by atoms with van der Waals surface area (Å²) in [6.45, 7) is 5.81. The molecule has 3 aromatic rings. The molecule has 2 heterocycles. The molecule has 5 nitrogen and oxygen atoms in total. The third-order valence-corrected chi connectivity index (χ3v) is 6.53. The van der Waals surface area contributed by atoms with Gasteiger partial charge in [0.1, 0.15) is 0 Å². The summed E-state index contributed by atoms with van der Waals surface area (Å²) in [7, 11) is 0. The molecule has 31 heavy (non-hydrogen) atoms. The number of ether oxygens (including phenoxy) is 1. The Morgan fingerprint density at radius 3 is 2.65 bits per heavy atom. The number of allylic oxidation sites excluding steroid dienone is 1. The summed E-state index contributed by atoms with van der Waals surface area (Å²) in [6.07, 6.45) is 1.85. The van der Waals surface area contributed by atoms with Crippen molar-refractivity contribution in [3.05, 3.63) is 101 Å². The minimum absolute atomic E-state index is 0.177. The third-order valence-electron chi connectivity index (χ3n) is 5.06. The van der Waals surface area contributed by atoms with Crippen LogP contribution in [0.2, 0.25) is 0 Å². The van der Waals surface area contributed by atoms with E-state index in [1.54, 1.807) is 18.4 Å². The SMILES string of the molecule is CCOC(=O)C1=C(C)N=c2s/c(=C/c3cccc(Br)c3)c(=O)n2[C@H]1c1ccc(C)cc1. The molecule has 0 saturated heterocycles. The van der Waals surface area contributed by atoms with Crippen LogP contribution in [0.3, 0.4) is 0 Å². The number of aromatic nitrogens is 1. The molecule has 0 unspecified atom stereocenters. The number of hydrogen-bond acceptors (Lipinski definition) is 5. The standard InChI is InChI=1S/C24H21BrN2O3S/c1-4-30-23(29)20-15(3)26-24-27(21(20)17-10-8-14(2)9-11-17)22(28)19(31-24)13-16-6-5-7-18(25)12-16/h5-13,21H,4H2,1-3H3/b19-13+/t21-/m0/s1. The van der Waals surface area contributed by atoms with E-state index in [2.05, 4.69) is 20.9 Å². The fourth-order valence-corrected chi connectivity index (χ4v) is 5.07. The van der Waals surface area contributed by atoms with Gasteiger partial charge < -0.3 is 4.74 Å². The van der Waals surface area contributed by atoms with E-state index < -0.39 is 12.0 Å². The van der Waals surface area contributed by atoms with Gasteiger partial charge in [0, 0.05) is 4.47 Å². The van der Waals surface area contributed by atoms with Gasteiger partial charge in [-0.2, -0.15) is 0 Å². The lowest BCUT2D eigenvalue weighted by Gasteiger charge is -2.24. The maximum absolute atomic E-state index is 13.5. The first-order chi connectivity index (χ1) is 14.9. The average molecular weight is 497 g/mol.